The number of aryl methyl sites for hydroxylation is 2. The van der Waals surface area contributed by atoms with Crippen molar-refractivity contribution in [2.45, 2.75) is 78.0 Å². The van der Waals surface area contributed by atoms with E-state index in [1.54, 1.807) is 50.2 Å². The van der Waals surface area contributed by atoms with Gasteiger partial charge in [0, 0.05) is 43.2 Å². The van der Waals surface area contributed by atoms with E-state index in [1.165, 1.54) is 18.9 Å². The number of ether oxygens (including phenoxy) is 3. The number of benzene rings is 3. The third-order valence-corrected chi connectivity index (χ3v) is 11.2. The molecule has 0 aliphatic carbocycles. The van der Waals surface area contributed by atoms with Crippen LogP contribution in [0.3, 0.4) is 0 Å². The zero-order valence-electron chi connectivity index (χ0n) is 39.5. The molecule has 68 heavy (non-hydrogen) atoms. The highest BCUT2D eigenvalue weighted by molar-refractivity contribution is 6.00. The quantitative estimate of drug-likeness (QED) is 0.0665. The molecule has 0 spiro atoms. The van der Waals surface area contributed by atoms with Gasteiger partial charge in [-0.15, -0.1) is 0 Å². The lowest BCUT2D eigenvalue weighted by molar-refractivity contribution is -0.141. The maximum Gasteiger partial charge on any atom is 0.255 e. The third kappa shape index (κ3) is 13.3. The number of hydrogen-bond donors (Lipinski definition) is 7. The smallest absolute Gasteiger partial charge is 0.255 e. The number of hydrogen-bond acceptors (Lipinski definition) is 14. The van der Waals surface area contributed by atoms with Crippen LogP contribution in [0.1, 0.15) is 72.5 Å². The molecule has 4 atom stereocenters. The Hall–Kier alpha value is -7.14. The van der Waals surface area contributed by atoms with Gasteiger partial charge in [0.2, 0.25) is 23.6 Å². The van der Waals surface area contributed by atoms with E-state index in [-0.39, 0.29) is 57.8 Å². The van der Waals surface area contributed by atoms with Gasteiger partial charge in [0.15, 0.2) is 5.82 Å². The second kappa shape index (κ2) is 24.6. The summed E-state index contributed by atoms with van der Waals surface area (Å²) in [7, 11) is 1.41. The topological polar surface area (TPSA) is 292 Å². The minimum Gasteiger partial charge on any atom is -0.494 e. The molecule has 19 nitrogen and oxygen atoms in total. The fourth-order valence-electron chi connectivity index (χ4n) is 7.65. The molecule has 19 heteroatoms. The van der Waals surface area contributed by atoms with Gasteiger partial charge in [-0.25, -0.2) is 9.97 Å². The second-order valence-corrected chi connectivity index (χ2v) is 16.8. The summed E-state index contributed by atoms with van der Waals surface area (Å²) >= 11 is 0. The Kier molecular flexibility index (Phi) is 18.7. The van der Waals surface area contributed by atoms with E-state index in [4.69, 9.17) is 31.4 Å². The molecule has 0 unspecified atom stereocenters. The molecule has 0 saturated heterocycles. The van der Waals surface area contributed by atoms with Gasteiger partial charge in [0.05, 0.1) is 29.6 Å². The van der Waals surface area contributed by atoms with E-state index >= 15 is 0 Å². The molecule has 5 rings (SSSR count). The summed E-state index contributed by atoms with van der Waals surface area (Å²) in [6.45, 7) is 10.0. The van der Waals surface area contributed by atoms with E-state index in [2.05, 4.69) is 45.1 Å². The molecular weight excluding hydrogens is 871 g/mol. The van der Waals surface area contributed by atoms with E-state index < -0.39 is 53.7 Å². The largest absolute Gasteiger partial charge is 0.494 e. The number of aromatic nitrogens is 2. The number of nitrogens with zero attached hydrogens (tertiary/aromatic N) is 4. The minimum atomic E-state index is -1.41. The van der Waals surface area contributed by atoms with Crippen LogP contribution >= 0.6 is 0 Å². The summed E-state index contributed by atoms with van der Waals surface area (Å²) in [5.41, 5.74) is 21.2. The molecule has 0 saturated carbocycles. The number of rotatable bonds is 19. The second-order valence-electron chi connectivity index (χ2n) is 16.8. The van der Waals surface area contributed by atoms with Gasteiger partial charge in [-0.05, 0) is 106 Å². The number of nitrogens with one attached hydrogen (secondary N) is 4. The van der Waals surface area contributed by atoms with Crippen molar-refractivity contribution >= 4 is 29.5 Å². The molecule has 4 bridgehead atoms. The van der Waals surface area contributed by atoms with Gasteiger partial charge in [0.1, 0.15) is 61.2 Å². The minimum absolute atomic E-state index is 0.00163. The molecule has 0 fully saturated rings. The summed E-state index contributed by atoms with van der Waals surface area (Å²) in [6.07, 6.45) is 0.916. The molecule has 1 aromatic heterocycles. The Bertz CT molecular complexity index is 2450. The normalized spacial score (nSPS) is 16.3. The number of amides is 5. The van der Waals surface area contributed by atoms with Crippen LogP contribution in [0, 0.1) is 31.1 Å². The first-order valence-electron chi connectivity index (χ1n) is 22.6. The molecule has 1 aliphatic heterocycles. The third-order valence-electron chi connectivity index (χ3n) is 11.2. The Labute approximate surface area is 396 Å². The highest BCUT2D eigenvalue weighted by atomic mass is 16.5. The van der Waals surface area contributed by atoms with Crippen LogP contribution in [0.2, 0.25) is 0 Å². The Morgan fingerprint density at radius 2 is 1.47 bits per heavy atom. The first-order chi connectivity index (χ1) is 32.6. The predicted molar refractivity (Wildman–Crippen MR) is 255 cm³/mol. The Morgan fingerprint density at radius 1 is 0.838 bits per heavy atom. The molecular formula is C49H63N11O8. The van der Waals surface area contributed by atoms with E-state index in [9.17, 15) is 29.2 Å². The Balaban J connectivity index is 1.53. The number of fused-ring (bicyclic) bond motifs is 5. The zero-order valence-corrected chi connectivity index (χ0v) is 39.5. The first kappa shape index (κ1) is 51.8. The summed E-state index contributed by atoms with van der Waals surface area (Å²) < 4.78 is 18.1. The lowest BCUT2D eigenvalue weighted by Gasteiger charge is -2.32. The number of nitriles is 1. The molecule has 4 aromatic rings. The SMILES string of the molecule is Cc1nc(-c2ccc(OCCC(C)C)cc2)nc(C)c1C(=O)N[C@@H](CCN)C(=O)N(C)[C@@H]1C(=O)N[C@@H](C)C(=O)N[C@H](C(=O)NCC#N)Cc2ccc(OCCN)c(c2)-c2cc1ccc2OCCN. The van der Waals surface area contributed by atoms with Crippen molar-refractivity contribution in [1.82, 2.24) is 36.1 Å². The number of carbonyl (C=O) groups is 5. The van der Waals surface area contributed by atoms with Gasteiger partial charge in [-0.2, -0.15) is 5.26 Å². The van der Waals surface area contributed by atoms with E-state index in [1.807, 2.05) is 30.3 Å². The van der Waals surface area contributed by atoms with E-state index in [0.29, 0.717) is 63.5 Å². The monoisotopic (exact) mass is 933 g/mol. The summed E-state index contributed by atoms with van der Waals surface area (Å²) in [6, 6.07) is 14.4. The molecule has 3 aromatic carbocycles. The van der Waals surface area contributed by atoms with Crippen LogP contribution in [-0.2, 0) is 25.6 Å². The highest BCUT2D eigenvalue weighted by Crippen LogP contribution is 2.40. The fourth-order valence-corrected chi connectivity index (χ4v) is 7.65. The lowest BCUT2D eigenvalue weighted by atomic mass is 9.93. The number of carbonyl (C=O) groups excluding carboxylic acids is 5. The maximum atomic E-state index is 14.7. The van der Waals surface area contributed by atoms with Gasteiger partial charge in [0.25, 0.3) is 5.91 Å². The molecule has 362 valence electrons. The summed E-state index contributed by atoms with van der Waals surface area (Å²) in [4.78, 5) is 81.1. The molecule has 2 heterocycles. The average molecular weight is 934 g/mol. The van der Waals surface area contributed by atoms with Gasteiger partial charge in [-0.1, -0.05) is 26.0 Å². The number of likely N-dealkylation sites (N-methyl/N-ethyl adjacent to an activating group) is 1. The number of nitrogens with two attached hydrogens (primary N) is 3. The summed E-state index contributed by atoms with van der Waals surface area (Å²) in [5.74, 6) is -0.973. The van der Waals surface area contributed by atoms with Gasteiger partial charge in [-0.3, -0.25) is 24.0 Å². The molecule has 5 amide bonds. The molecule has 10 N–H and O–H groups in total. The average Bonchev–Trinajstić information content (AvgIpc) is 3.31. The van der Waals surface area contributed by atoms with Crippen LogP contribution < -0.4 is 52.7 Å². The van der Waals surface area contributed by atoms with Crippen LogP contribution in [0.5, 0.6) is 17.2 Å². The van der Waals surface area contributed by atoms with Crippen LogP contribution in [-0.4, -0.2) is 116 Å². The van der Waals surface area contributed by atoms with Crippen LogP contribution in [0.15, 0.2) is 60.7 Å². The van der Waals surface area contributed by atoms with Crippen molar-refractivity contribution in [2.24, 2.45) is 23.1 Å². The summed E-state index contributed by atoms with van der Waals surface area (Å²) in [5, 5.41) is 19.9. The first-order valence-corrected chi connectivity index (χ1v) is 22.6. The van der Waals surface area contributed by atoms with Gasteiger partial charge < -0.3 is 57.6 Å². The van der Waals surface area contributed by atoms with E-state index in [0.717, 1.165) is 17.7 Å². The predicted octanol–water partition coefficient (Wildman–Crippen LogP) is 2.36. The van der Waals surface area contributed by atoms with Crippen molar-refractivity contribution in [1.29, 1.82) is 5.26 Å². The van der Waals surface area contributed by atoms with Crippen LogP contribution in [0.25, 0.3) is 22.5 Å². The van der Waals surface area contributed by atoms with Crippen molar-refractivity contribution in [3.05, 3.63) is 88.7 Å². The van der Waals surface area contributed by atoms with Crippen molar-refractivity contribution < 1.29 is 38.2 Å². The van der Waals surface area contributed by atoms with Crippen molar-refractivity contribution in [3.8, 4) is 45.8 Å². The standard InChI is InChI=1S/C49H63N11O8/c1-28(2)16-22-66-35-11-8-33(9-12-35)44-55-29(3)42(30(4)56-44)47(63)58-38(15-17-50)49(65)60(6)43-34-10-14-41(68-24-20-53)37(27-34)36-25-32(7-13-40(36)67-23-19-52)26-39(46(62)54-21-18-51)59-45(61)31(5)57-48(43)64/h7-14,25,27-28,31,38-39,43H,15-17,19-24,26,50,52-53H2,1-6H3,(H,54,62)(H,57,64)(H,58,63)(H,59,61)/t31-,38-,39-,43-/m0/s1. The maximum absolute atomic E-state index is 14.7. The molecule has 0 radical (unpaired) electrons. The fraction of sp³-hybridized carbons (Fsp3) is 0.429. The van der Waals surface area contributed by atoms with Gasteiger partial charge >= 0.3 is 0 Å². The molecule has 1 aliphatic rings. The Morgan fingerprint density at radius 3 is 2.07 bits per heavy atom. The lowest BCUT2D eigenvalue weighted by Crippen LogP contribution is -2.56. The zero-order chi connectivity index (χ0) is 49.5. The highest BCUT2D eigenvalue weighted by Gasteiger charge is 2.36. The van der Waals surface area contributed by atoms with Crippen molar-refractivity contribution in [3.63, 3.8) is 0 Å². The van der Waals surface area contributed by atoms with Crippen LogP contribution in [0.4, 0.5) is 0 Å². The van der Waals surface area contributed by atoms with Crippen molar-refractivity contribution in [2.75, 3.05) is 53.0 Å².